The first-order valence-electron chi connectivity index (χ1n) is 10.5. The molecule has 4 nitrogen and oxygen atoms in total. The Balaban J connectivity index is 1.80. The fourth-order valence-corrected chi connectivity index (χ4v) is 3.76. The van der Waals surface area contributed by atoms with Gasteiger partial charge in [-0.2, -0.15) is 0 Å². The minimum Gasteiger partial charge on any atom is -0.497 e. The molecule has 30 heavy (non-hydrogen) atoms. The van der Waals surface area contributed by atoms with Crippen LogP contribution in [0, 0.1) is 0 Å². The summed E-state index contributed by atoms with van der Waals surface area (Å²) in [6.07, 6.45) is 6.93. The van der Waals surface area contributed by atoms with Crippen LogP contribution in [0.3, 0.4) is 0 Å². The summed E-state index contributed by atoms with van der Waals surface area (Å²) in [5, 5.41) is 0.787. The number of benzene rings is 2. The molecule has 0 aliphatic rings. The molecule has 0 bridgehead atoms. The van der Waals surface area contributed by atoms with Gasteiger partial charge in [0.05, 0.1) is 30.5 Å². The summed E-state index contributed by atoms with van der Waals surface area (Å²) in [4.78, 5) is 17.7. The van der Waals surface area contributed by atoms with Gasteiger partial charge in [-0.1, -0.05) is 55.0 Å². The van der Waals surface area contributed by atoms with Gasteiger partial charge in [0.25, 0.3) is 0 Å². The molecule has 0 aliphatic heterocycles. The number of halogens is 1. The zero-order chi connectivity index (χ0) is 21.3. The number of aromatic nitrogens is 1. The fourth-order valence-electron chi connectivity index (χ4n) is 3.40. The third-order valence-corrected chi connectivity index (χ3v) is 5.60. The molecule has 0 N–H and O–H groups in total. The number of ether oxygens (including phenoxy) is 2. The van der Waals surface area contributed by atoms with Crippen molar-refractivity contribution >= 4 is 32.8 Å². The topological polar surface area (TPSA) is 48.4 Å². The maximum Gasteiger partial charge on any atom is 0.338 e. The molecule has 0 amide bonds. The van der Waals surface area contributed by atoms with Crippen LogP contribution in [0.4, 0.5) is 0 Å². The Bertz CT molecular complexity index is 986. The number of nitrogens with zero attached hydrogens (tertiary/aromatic N) is 1. The van der Waals surface area contributed by atoms with E-state index in [1.807, 2.05) is 48.5 Å². The van der Waals surface area contributed by atoms with Crippen molar-refractivity contribution in [2.24, 2.45) is 0 Å². The van der Waals surface area contributed by atoms with Crippen LogP contribution < -0.4 is 4.74 Å². The van der Waals surface area contributed by atoms with Crippen LogP contribution in [-0.2, 0) is 4.74 Å². The molecule has 0 spiro atoms. The van der Waals surface area contributed by atoms with E-state index in [-0.39, 0.29) is 5.97 Å². The molecule has 0 unspecified atom stereocenters. The van der Waals surface area contributed by atoms with E-state index < -0.39 is 0 Å². The molecule has 0 aliphatic carbocycles. The number of hydrogen-bond acceptors (Lipinski definition) is 4. The highest BCUT2D eigenvalue weighted by molar-refractivity contribution is 9.10. The van der Waals surface area contributed by atoms with Crippen LogP contribution in [-0.4, -0.2) is 24.7 Å². The maximum atomic E-state index is 12.9. The summed E-state index contributed by atoms with van der Waals surface area (Å²) in [5.74, 6) is 0.478. The number of fused-ring (bicyclic) bond motifs is 1. The summed E-state index contributed by atoms with van der Waals surface area (Å²) >= 11 is 3.50. The molecule has 0 saturated carbocycles. The van der Waals surface area contributed by atoms with Gasteiger partial charge in [-0.05, 0) is 55.0 Å². The first-order chi connectivity index (χ1) is 14.6. The molecule has 1 heterocycles. The number of methoxy groups -OCH3 is 1. The number of pyridine rings is 1. The Morgan fingerprint density at radius 3 is 2.43 bits per heavy atom. The van der Waals surface area contributed by atoms with Crippen LogP contribution in [0.25, 0.3) is 22.2 Å². The van der Waals surface area contributed by atoms with Gasteiger partial charge >= 0.3 is 5.97 Å². The lowest BCUT2D eigenvalue weighted by atomic mass is 10.0. The smallest absolute Gasteiger partial charge is 0.338 e. The highest BCUT2D eigenvalue weighted by Gasteiger charge is 2.16. The zero-order valence-corrected chi connectivity index (χ0v) is 19.2. The molecule has 2 aromatic carbocycles. The molecule has 5 heteroatoms. The number of hydrogen-bond donors (Lipinski definition) is 0. The largest absolute Gasteiger partial charge is 0.497 e. The summed E-state index contributed by atoms with van der Waals surface area (Å²) in [5.41, 5.74) is 2.96. The molecule has 0 atom stereocenters. The predicted molar refractivity (Wildman–Crippen MR) is 125 cm³/mol. The van der Waals surface area contributed by atoms with E-state index in [2.05, 4.69) is 22.9 Å². The van der Waals surface area contributed by atoms with Crippen molar-refractivity contribution in [1.82, 2.24) is 4.98 Å². The number of esters is 1. The van der Waals surface area contributed by atoms with Crippen LogP contribution in [0.15, 0.2) is 53.0 Å². The Kier molecular flexibility index (Phi) is 8.26. The molecule has 0 saturated heterocycles. The molecule has 1 aromatic heterocycles. The van der Waals surface area contributed by atoms with Gasteiger partial charge in [0.15, 0.2) is 0 Å². The SMILES string of the molecule is CCCCCCCCOC(=O)c1cc(-c2ccc(OC)cc2)nc2ccc(Br)cc12. The normalized spacial score (nSPS) is 10.9. The Morgan fingerprint density at radius 2 is 1.70 bits per heavy atom. The van der Waals surface area contributed by atoms with Gasteiger partial charge in [0.1, 0.15) is 5.75 Å². The first kappa shape index (κ1) is 22.3. The number of unbranched alkanes of at least 4 members (excludes halogenated alkanes) is 5. The van der Waals surface area contributed by atoms with Gasteiger partial charge in [0.2, 0.25) is 0 Å². The van der Waals surface area contributed by atoms with E-state index in [1.165, 1.54) is 25.7 Å². The number of carbonyl (C=O) groups is 1. The molecular weight excluding hydrogens is 442 g/mol. The standard InChI is InChI=1S/C25H28BrNO3/c1-3-4-5-6-7-8-15-30-25(28)22-17-24(18-9-12-20(29-2)13-10-18)27-23-14-11-19(26)16-21(22)23/h9-14,16-17H,3-8,15H2,1-2H3. The van der Waals surface area contributed by atoms with Crippen molar-refractivity contribution in [3.63, 3.8) is 0 Å². The highest BCUT2D eigenvalue weighted by Crippen LogP contribution is 2.28. The van der Waals surface area contributed by atoms with Crippen molar-refractivity contribution in [3.05, 3.63) is 58.6 Å². The van der Waals surface area contributed by atoms with E-state index in [9.17, 15) is 4.79 Å². The molecule has 3 rings (SSSR count). The minimum absolute atomic E-state index is 0.302. The van der Waals surface area contributed by atoms with Crippen LogP contribution >= 0.6 is 15.9 Å². The summed E-state index contributed by atoms with van der Waals surface area (Å²) in [6.45, 7) is 2.65. The third-order valence-electron chi connectivity index (χ3n) is 5.11. The van der Waals surface area contributed by atoms with Crippen molar-refractivity contribution in [1.29, 1.82) is 0 Å². The Morgan fingerprint density at radius 1 is 0.967 bits per heavy atom. The lowest BCUT2D eigenvalue weighted by Gasteiger charge is -2.11. The molecular formula is C25H28BrNO3. The van der Waals surface area contributed by atoms with Crippen LogP contribution in [0.1, 0.15) is 55.8 Å². The quantitative estimate of drug-likeness (QED) is 0.232. The highest BCUT2D eigenvalue weighted by atomic mass is 79.9. The number of rotatable bonds is 10. The zero-order valence-electron chi connectivity index (χ0n) is 17.6. The summed E-state index contributed by atoms with van der Waals surface area (Å²) in [6, 6.07) is 15.2. The van der Waals surface area contributed by atoms with Gasteiger partial charge in [-0.3, -0.25) is 0 Å². The lowest BCUT2D eigenvalue weighted by Crippen LogP contribution is -2.08. The number of carbonyl (C=O) groups excluding carboxylic acids is 1. The third kappa shape index (κ3) is 5.82. The average Bonchev–Trinajstić information content (AvgIpc) is 2.77. The van der Waals surface area contributed by atoms with Gasteiger partial charge < -0.3 is 9.47 Å². The van der Waals surface area contributed by atoms with E-state index in [0.29, 0.717) is 12.2 Å². The van der Waals surface area contributed by atoms with Crippen molar-refractivity contribution < 1.29 is 14.3 Å². The Labute approximate surface area is 186 Å². The predicted octanol–water partition coefficient (Wildman–Crippen LogP) is 7.19. The second-order valence-electron chi connectivity index (χ2n) is 7.35. The Hall–Kier alpha value is -2.40. The fraction of sp³-hybridized carbons (Fsp3) is 0.360. The van der Waals surface area contributed by atoms with E-state index in [1.54, 1.807) is 7.11 Å². The minimum atomic E-state index is -0.302. The summed E-state index contributed by atoms with van der Waals surface area (Å²) in [7, 11) is 1.64. The van der Waals surface area contributed by atoms with Gasteiger partial charge in [0, 0.05) is 15.4 Å². The first-order valence-corrected chi connectivity index (χ1v) is 11.3. The monoisotopic (exact) mass is 469 g/mol. The van der Waals surface area contributed by atoms with Crippen LogP contribution in [0.5, 0.6) is 5.75 Å². The van der Waals surface area contributed by atoms with E-state index in [4.69, 9.17) is 14.5 Å². The second-order valence-corrected chi connectivity index (χ2v) is 8.26. The van der Waals surface area contributed by atoms with E-state index in [0.717, 1.165) is 45.2 Å². The summed E-state index contributed by atoms with van der Waals surface area (Å²) < 4.78 is 11.7. The maximum absolute atomic E-state index is 12.9. The second kappa shape index (κ2) is 11.1. The van der Waals surface area contributed by atoms with Crippen molar-refractivity contribution in [2.45, 2.75) is 45.4 Å². The molecule has 0 fully saturated rings. The van der Waals surface area contributed by atoms with Gasteiger partial charge in [-0.25, -0.2) is 9.78 Å². The molecule has 158 valence electrons. The van der Waals surface area contributed by atoms with E-state index >= 15 is 0 Å². The van der Waals surface area contributed by atoms with Crippen LogP contribution in [0.2, 0.25) is 0 Å². The molecule has 3 aromatic rings. The average molecular weight is 470 g/mol. The van der Waals surface area contributed by atoms with Gasteiger partial charge in [-0.15, -0.1) is 0 Å². The lowest BCUT2D eigenvalue weighted by molar-refractivity contribution is 0.0500. The molecule has 0 radical (unpaired) electrons. The van der Waals surface area contributed by atoms with Crippen molar-refractivity contribution in [2.75, 3.05) is 13.7 Å². The van der Waals surface area contributed by atoms with Crippen molar-refractivity contribution in [3.8, 4) is 17.0 Å².